The van der Waals surface area contributed by atoms with Gasteiger partial charge in [0, 0.05) is 10.7 Å². The summed E-state index contributed by atoms with van der Waals surface area (Å²) in [5.74, 6) is 0.0237. The lowest BCUT2D eigenvalue weighted by atomic mass is 10.0. The Morgan fingerprint density at radius 1 is 1.04 bits per heavy atom. The van der Waals surface area contributed by atoms with Gasteiger partial charge in [0.1, 0.15) is 5.75 Å². The quantitative estimate of drug-likeness (QED) is 0.737. The predicted octanol–water partition coefficient (Wildman–Crippen LogP) is 4.25. The molecule has 0 saturated carbocycles. The molecule has 2 aromatic carbocycles. The molecule has 0 unspecified atom stereocenters. The first-order valence-corrected chi connectivity index (χ1v) is 8.85. The van der Waals surface area contributed by atoms with Gasteiger partial charge >= 0.3 is 0 Å². The average Bonchev–Trinajstić information content (AvgIpc) is 2.59. The van der Waals surface area contributed by atoms with Crippen LogP contribution in [0.5, 0.6) is 5.75 Å². The van der Waals surface area contributed by atoms with Crippen LogP contribution in [0.4, 0.5) is 5.69 Å². The highest BCUT2D eigenvalue weighted by molar-refractivity contribution is 6.35. The van der Waals surface area contributed by atoms with Crippen molar-refractivity contribution in [2.24, 2.45) is 0 Å². The molecule has 0 aliphatic carbocycles. The predicted molar refractivity (Wildman–Crippen MR) is 104 cm³/mol. The molecule has 0 heterocycles. The lowest BCUT2D eigenvalue weighted by Crippen LogP contribution is -2.35. The number of ether oxygens (including phenoxy) is 1. The van der Waals surface area contributed by atoms with Crippen LogP contribution in [-0.4, -0.2) is 25.0 Å². The van der Waals surface area contributed by atoms with Crippen molar-refractivity contribution in [3.05, 3.63) is 58.1 Å². The highest BCUT2D eigenvalue weighted by Crippen LogP contribution is 2.27. The standard InChI is InChI=1S/C19H20Cl2N2O3/c1-12(2)13-3-6-15(7-4-13)23-18(24)10-22-19(25)11-26-17-8-5-14(20)9-16(17)21/h3-9,12H,10-11H2,1-2H3,(H,22,25)(H,23,24). The second-order valence-corrected chi connectivity index (χ2v) is 6.81. The second kappa shape index (κ2) is 9.46. The first-order chi connectivity index (χ1) is 12.3. The molecule has 0 aliphatic rings. The van der Waals surface area contributed by atoms with Gasteiger partial charge in [-0.15, -0.1) is 0 Å². The number of hydrogen-bond donors (Lipinski definition) is 2. The number of halogens is 2. The average molecular weight is 395 g/mol. The molecule has 2 N–H and O–H groups in total. The molecule has 0 aromatic heterocycles. The summed E-state index contributed by atoms with van der Waals surface area (Å²) in [5.41, 5.74) is 1.87. The third-order valence-electron chi connectivity index (χ3n) is 3.56. The van der Waals surface area contributed by atoms with E-state index in [0.717, 1.165) is 0 Å². The Labute approximate surface area is 162 Å². The zero-order valence-electron chi connectivity index (χ0n) is 14.5. The number of carbonyl (C=O) groups is 2. The van der Waals surface area contributed by atoms with Crippen LogP contribution in [0.15, 0.2) is 42.5 Å². The zero-order valence-corrected chi connectivity index (χ0v) is 16.0. The number of amides is 2. The van der Waals surface area contributed by atoms with Gasteiger partial charge in [-0.2, -0.15) is 0 Å². The molecule has 0 fully saturated rings. The van der Waals surface area contributed by atoms with Gasteiger partial charge in [0.15, 0.2) is 6.61 Å². The van der Waals surface area contributed by atoms with Gasteiger partial charge in [0.25, 0.3) is 5.91 Å². The first-order valence-electron chi connectivity index (χ1n) is 8.09. The molecule has 138 valence electrons. The van der Waals surface area contributed by atoms with Gasteiger partial charge in [-0.25, -0.2) is 0 Å². The normalized spacial score (nSPS) is 10.5. The van der Waals surface area contributed by atoms with Crippen molar-refractivity contribution in [3.63, 3.8) is 0 Å². The number of nitrogens with one attached hydrogen (secondary N) is 2. The molecule has 0 radical (unpaired) electrons. The Kier molecular flexibility index (Phi) is 7.30. The smallest absolute Gasteiger partial charge is 0.258 e. The van der Waals surface area contributed by atoms with Crippen molar-refractivity contribution in [3.8, 4) is 5.75 Å². The van der Waals surface area contributed by atoms with E-state index >= 15 is 0 Å². The third kappa shape index (κ3) is 6.24. The number of carbonyl (C=O) groups excluding carboxylic acids is 2. The molecular formula is C19H20Cl2N2O3. The minimum absolute atomic E-state index is 0.150. The van der Waals surface area contributed by atoms with E-state index in [9.17, 15) is 9.59 Å². The topological polar surface area (TPSA) is 67.4 Å². The van der Waals surface area contributed by atoms with Crippen molar-refractivity contribution < 1.29 is 14.3 Å². The minimum atomic E-state index is -0.429. The first kappa shape index (κ1) is 20.1. The summed E-state index contributed by atoms with van der Waals surface area (Å²) in [6.07, 6.45) is 0. The van der Waals surface area contributed by atoms with Gasteiger partial charge < -0.3 is 15.4 Å². The highest BCUT2D eigenvalue weighted by Gasteiger charge is 2.09. The maximum atomic E-state index is 11.9. The van der Waals surface area contributed by atoms with Gasteiger partial charge in [-0.3, -0.25) is 9.59 Å². The van der Waals surface area contributed by atoms with E-state index in [-0.39, 0.29) is 19.1 Å². The van der Waals surface area contributed by atoms with E-state index in [0.29, 0.717) is 27.4 Å². The molecule has 2 amide bonds. The van der Waals surface area contributed by atoms with Gasteiger partial charge in [0.05, 0.1) is 11.6 Å². The van der Waals surface area contributed by atoms with Crippen molar-refractivity contribution in [1.29, 1.82) is 0 Å². The lowest BCUT2D eigenvalue weighted by Gasteiger charge is -2.10. The maximum absolute atomic E-state index is 11.9. The monoisotopic (exact) mass is 394 g/mol. The highest BCUT2D eigenvalue weighted by atomic mass is 35.5. The molecule has 0 saturated heterocycles. The van der Waals surface area contributed by atoms with Crippen molar-refractivity contribution >= 4 is 40.7 Å². The minimum Gasteiger partial charge on any atom is -0.482 e. The molecule has 26 heavy (non-hydrogen) atoms. The fourth-order valence-corrected chi connectivity index (χ4v) is 2.59. The fraction of sp³-hybridized carbons (Fsp3) is 0.263. The van der Waals surface area contributed by atoms with Gasteiger partial charge in [-0.05, 0) is 41.8 Å². The van der Waals surface area contributed by atoms with Crippen LogP contribution in [0, 0.1) is 0 Å². The van der Waals surface area contributed by atoms with E-state index in [1.54, 1.807) is 12.1 Å². The van der Waals surface area contributed by atoms with Gasteiger partial charge in [0.2, 0.25) is 5.91 Å². The van der Waals surface area contributed by atoms with E-state index in [4.69, 9.17) is 27.9 Å². The Hall–Kier alpha value is -2.24. The Morgan fingerprint density at radius 3 is 2.35 bits per heavy atom. The molecule has 5 nitrogen and oxygen atoms in total. The third-order valence-corrected chi connectivity index (χ3v) is 4.09. The van der Waals surface area contributed by atoms with Crippen molar-refractivity contribution in [2.75, 3.05) is 18.5 Å². The second-order valence-electron chi connectivity index (χ2n) is 5.97. The van der Waals surface area contributed by atoms with Crippen LogP contribution in [0.25, 0.3) is 0 Å². The van der Waals surface area contributed by atoms with Crippen molar-refractivity contribution in [2.45, 2.75) is 19.8 Å². The van der Waals surface area contributed by atoms with Crippen LogP contribution >= 0.6 is 23.2 Å². The summed E-state index contributed by atoms with van der Waals surface area (Å²) < 4.78 is 5.31. The fourth-order valence-electron chi connectivity index (χ4n) is 2.12. The Balaban J connectivity index is 1.75. The lowest BCUT2D eigenvalue weighted by molar-refractivity contribution is -0.125. The summed E-state index contributed by atoms with van der Waals surface area (Å²) in [4.78, 5) is 23.7. The Morgan fingerprint density at radius 2 is 1.73 bits per heavy atom. The molecule has 0 spiro atoms. The largest absolute Gasteiger partial charge is 0.482 e. The maximum Gasteiger partial charge on any atom is 0.258 e. The Bertz CT molecular complexity index is 777. The van der Waals surface area contributed by atoms with E-state index < -0.39 is 5.91 Å². The van der Waals surface area contributed by atoms with E-state index in [1.165, 1.54) is 11.6 Å². The summed E-state index contributed by atoms with van der Waals surface area (Å²) in [7, 11) is 0. The zero-order chi connectivity index (χ0) is 19.1. The molecule has 0 bridgehead atoms. The number of hydrogen-bond acceptors (Lipinski definition) is 3. The number of rotatable bonds is 7. The summed E-state index contributed by atoms with van der Waals surface area (Å²) in [5, 5.41) is 6.00. The molecule has 2 aromatic rings. The summed E-state index contributed by atoms with van der Waals surface area (Å²) in [6, 6.07) is 12.3. The molecular weight excluding hydrogens is 375 g/mol. The molecule has 0 atom stereocenters. The molecule has 2 rings (SSSR count). The van der Waals surface area contributed by atoms with E-state index in [2.05, 4.69) is 24.5 Å². The van der Waals surface area contributed by atoms with Crippen LogP contribution in [0.2, 0.25) is 10.0 Å². The summed E-state index contributed by atoms with van der Waals surface area (Å²) in [6.45, 7) is 3.80. The van der Waals surface area contributed by atoms with Crippen molar-refractivity contribution in [1.82, 2.24) is 5.32 Å². The number of benzene rings is 2. The number of anilines is 1. The molecule has 7 heteroatoms. The van der Waals surface area contributed by atoms with Crippen LogP contribution < -0.4 is 15.4 Å². The van der Waals surface area contributed by atoms with Crippen LogP contribution in [0.3, 0.4) is 0 Å². The SMILES string of the molecule is CC(C)c1ccc(NC(=O)CNC(=O)COc2ccc(Cl)cc2Cl)cc1. The van der Waals surface area contributed by atoms with Gasteiger partial charge in [-0.1, -0.05) is 49.2 Å². The summed E-state index contributed by atoms with van der Waals surface area (Å²) >= 11 is 11.7. The molecule has 0 aliphatic heterocycles. The van der Waals surface area contributed by atoms with Crippen LogP contribution in [-0.2, 0) is 9.59 Å². The van der Waals surface area contributed by atoms with Crippen LogP contribution in [0.1, 0.15) is 25.3 Å². The van der Waals surface area contributed by atoms with E-state index in [1.807, 2.05) is 24.3 Å².